The predicted octanol–water partition coefficient (Wildman–Crippen LogP) is -0.896. The quantitative estimate of drug-likeness (QED) is 0.625. The van der Waals surface area contributed by atoms with Gasteiger partial charge in [-0.15, -0.1) is 0 Å². The van der Waals surface area contributed by atoms with Gasteiger partial charge < -0.3 is 0 Å². The second-order valence-corrected chi connectivity index (χ2v) is 6.64. The topological polar surface area (TPSA) is 80.3 Å². The lowest BCUT2D eigenvalue weighted by molar-refractivity contribution is 0.588. The molecular formula is C3H8ClNO4S2. The monoisotopic (exact) mass is 221 g/mol. The van der Waals surface area contributed by atoms with Crippen LogP contribution in [0.3, 0.4) is 0 Å². The van der Waals surface area contributed by atoms with E-state index in [9.17, 15) is 16.8 Å². The summed E-state index contributed by atoms with van der Waals surface area (Å²) in [4.78, 5) is 0. The van der Waals surface area contributed by atoms with Gasteiger partial charge in [-0.2, -0.15) is 0 Å². The molecule has 0 aliphatic carbocycles. The number of hydrogen-bond acceptors (Lipinski definition) is 4. The van der Waals surface area contributed by atoms with E-state index in [1.165, 1.54) is 0 Å². The molecule has 0 bridgehead atoms. The maximum absolute atomic E-state index is 10.4. The molecule has 0 unspecified atom stereocenters. The highest BCUT2D eigenvalue weighted by Crippen LogP contribution is 1.93. The van der Waals surface area contributed by atoms with Gasteiger partial charge >= 0.3 is 0 Å². The average molecular weight is 222 g/mol. The highest BCUT2D eigenvalue weighted by atomic mass is 35.7. The fraction of sp³-hybridized carbons (Fsp3) is 1.00. The Kier molecular flexibility index (Phi) is 3.75. The first-order valence-corrected chi connectivity index (χ1v) is 6.95. The molecule has 0 radical (unpaired) electrons. The van der Waals surface area contributed by atoms with E-state index in [0.717, 1.165) is 6.26 Å². The Balaban J connectivity index is 3.79. The van der Waals surface area contributed by atoms with Crippen LogP contribution in [0, 0.1) is 0 Å². The van der Waals surface area contributed by atoms with Gasteiger partial charge in [-0.1, -0.05) is 0 Å². The Morgan fingerprint density at radius 2 is 1.73 bits per heavy atom. The molecule has 1 N–H and O–H groups in total. The van der Waals surface area contributed by atoms with E-state index in [1.54, 1.807) is 0 Å². The number of sulfonamides is 1. The fourth-order valence-corrected chi connectivity index (χ4v) is 1.53. The van der Waals surface area contributed by atoms with E-state index in [2.05, 4.69) is 0 Å². The van der Waals surface area contributed by atoms with Crippen molar-refractivity contribution in [3.8, 4) is 0 Å². The summed E-state index contributed by atoms with van der Waals surface area (Å²) in [7, 11) is -2.12. The van der Waals surface area contributed by atoms with Gasteiger partial charge in [0, 0.05) is 17.2 Å². The van der Waals surface area contributed by atoms with Gasteiger partial charge in [-0.25, -0.2) is 21.6 Å². The number of nitrogens with one attached hydrogen (secondary N) is 1. The summed E-state index contributed by atoms with van der Waals surface area (Å²) in [5.74, 6) is -0.401. The minimum absolute atomic E-state index is 0.190. The van der Waals surface area contributed by atoms with E-state index in [-0.39, 0.29) is 6.54 Å². The minimum Gasteiger partial charge on any atom is -0.214 e. The van der Waals surface area contributed by atoms with Crippen molar-refractivity contribution in [2.45, 2.75) is 0 Å². The molecule has 0 amide bonds. The molecule has 0 aromatic carbocycles. The van der Waals surface area contributed by atoms with Crippen LogP contribution in [0.25, 0.3) is 0 Å². The zero-order chi connectivity index (χ0) is 9.12. The molecule has 0 aliphatic heterocycles. The average Bonchev–Trinajstić information content (AvgIpc) is 1.55. The van der Waals surface area contributed by atoms with Crippen LogP contribution in [0.5, 0.6) is 0 Å². The standard InChI is InChI=1S/C3H8ClNO4S2/c1-10(6,7)5-2-3-11(4,8)9/h5H,2-3H2,1H3. The summed E-state index contributed by atoms with van der Waals surface area (Å²) in [6.45, 7) is -0.190. The van der Waals surface area contributed by atoms with Crippen molar-refractivity contribution in [1.82, 2.24) is 4.72 Å². The van der Waals surface area contributed by atoms with Gasteiger partial charge in [-0.05, 0) is 0 Å². The summed E-state index contributed by atoms with van der Waals surface area (Å²) < 4.78 is 43.2. The number of hydrogen-bond donors (Lipinski definition) is 1. The largest absolute Gasteiger partial charge is 0.233 e. The molecule has 8 heteroatoms. The summed E-state index contributed by atoms with van der Waals surface area (Å²) in [6, 6.07) is 0. The molecule has 0 rings (SSSR count). The third-order valence-electron chi connectivity index (χ3n) is 0.710. The Morgan fingerprint density at radius 3 is 2.00 bits per heavy atom. The minimum atomic E-state index is -3.60. The van der Waals surface area contributed by atoms with Crippen molar-refractivity contribution in [2.24, 2.45) is 0 Å². The van der Waals surface area contributed by atoms with Crippen LogP contribution in [0.4, 0.5) is 0 Å². The van der Waals surface area contributed by atoms with E-state index >= 15 is 0 Å². The van der Waals surface area contributed by atoms with Crippen molar-refractivity contribution < 1.29 is 16.8 Å². The molecule has 0 heterocycles. The SMILES string of the molecule is CS(=O)(=O)NCCS(=O)(=O)Cl. The first kappa shape index (κ1) is 11.2. The Bertz CT molecular complexity index is 272. The van der Waals surface area contributed by atoms with Crippen molar-refractivity contribution in [2.75, 3.05) is 18.6 Å². The van der Waals surface area contributed by atoms with Crippen molar-refractivity contribution in [3.05, 3.63) is 0 Å². The van der Waals surface area contributed by atoms with Gasteiger partial charge in [0.15, 0.2) is 0 Å². The van der Waals surface area contributed by atoms with Gasteiger partial charge in [-0.3, -0.25) is 0 Å². The zero-order valence-electron chi connectivity index (χ0n) is 5.74. The van der Waals surface area contributed by atoms with Crippen molar-refractivity contribution >= 4 is 29.8 Å². The number of halogens is 1. The molecule has 0 atom stereocenters. The second kappa shape index (κ2) is 3.70. The summed E-state index contributed by atoms with van der Waals surface area (Å²) in [5, 5.41) is 0. The second-order valence-electron chi connectivity index (χ2n) is 1.91. The lowest BCUT2D eigenvalue weighted by Gasteiger charge is -1.97. The Hall–Kier alpha value is 0.150. The molecule has 0 aromatic rings. The summed E-state index contributed by atoms with van der Waals surface area (Å²) in [6.07, 6.45) is 0.938. The first-order chi connectivity index (χ1) is 4.71. The van der Waals surface area contributed by atoms with Crippen LogP contribution in [-0.2, 0) is 19.1 Å². The molecule has 0 spiro atoms. The summed E-state index contributed by atoms with van der Waals surface area (Å²) >= 11 is 0. The maximum Gasteiger partial charge on any atom is 0.233 e. The van der Waals surface area contributed by atoms with Gasteiger partial charge in [0.25, 0.3) is 0 Å². The van der Waals surface area contributed by atoms with E-state index in [1.807, 2.05) is 4.72 Å². The third-order valence-corrected chi connectivity index (χ3v) is 2.59. The van der Waals surface area contributed by atoms with Crippen molar-refractivity contribution in [3.63, 3.8) is 0 Å². The Morgan fingerprint density at radius 1 is 1.27 bits per heavy atom. The van der Waals surface area contributed by atoms with Gasteiger partial charge in [0.1, 0.15) is 0 Å². The van der Waals surface area contributed by atoms with E-state index in [0.29, 0.717) is 0 Å². The van der Waals surface area contributed by atoms with Crippen LogP contribution in [0.2, 0.25) is 0 Å². The maximum atomic E-state index is 10.4. The normalized spacial score (nSPS) is 13.3. The molecule has 5 nitrogen and oxygen atoms in total. The van der Waals surface area contributed by atoms with Crippen LogP contribution < -0.4 is 4.72 Å². The lowest BCUT2D eigenvalue weighted by Crippen LogP contribution is -2.26. The molecule has 0 saturated carbocycles. The van der Waals surface area contributed by atoms with E-state index < -0.39 is 24.8 Å². The summed E-state index contributed by atoms with van der Waals surface area (Å²) in [5.41, 5.74) is 0. The van der Waals surface area contributed by atoms with E-state index in [4.69, 9.17) is 10.7 Å². The molecule has 0 saturated heterocycles. The third kappa shape index (κ3) is 10.2. The first-order valence-electron chi connectivity index (χ1n) is 2.58. The highest BCUT2D eigenvalue weighted by Gasteiger charge is 2.06. The predicted molar refractivity (Wildman–Crippen MR) is 42.5 cm³/mol. The zero-order valence-corrected chi connectivity index (χ0v) is 8.13. The fourth-order valence-electron chi connectivity index (χ4n) is 0.349. The highest BCUT2D eigenvalue weighted by molar-refractivity contribution is 8.13. The smallest absolute Gasteiger partial charge is 0.214 e. The van der Waals surface area contributed by atoms with Crippen LogP contribution in [-0.4, -0.2) is 35.4 Å². The number of rotatable bonds is 4. The Labute approximate surface area is 70.2 Å². The van der Waals surface area contributed by atoms with Crippen molar-refractivity contribution in [1.29, 1.82) is 0 Å². The molecule has 11 heavy (non-hydrogen) atoms. The molecule has 0 fully saturated rings. The van der Waals surface area contributed by atoms with Crippen LogP contribution in [0.1, 0.15) is 0 Å². The molecule has 0 aliphatic rings. The van der Waals surface area contributed by atoms with Gasteiger partial charge in [0.2, 0.25) is 19.1 Å². The van der Waals surface area contributed by atoms with Crippen LogP contribution in [0.15, 0.2) is 0 Å². The lowest BCUT2D eigenvalue weighted by atomic mass is 10.8. The molecule has 0 aromatic heterocycles. The van der Waals surface area contributed by atoms with Crippen LogP contribution >= 0.6 is 10.7 Å². The van der Waals surface area contributed by atoms with Gasteiger partial charge in [0.05, 0.1) is 12.0 Å². The molecular weight excluding hydrogens is 214 g/mol. The molecule has 68 valence electrons.